The van der Waals surface area contributed by atoms with Gasteiger partial charge in [-0.1, -0.05) is 40.5 Å². The van der Waals surface area contributed by atoms with Gasteiger partial charge in [0.15, 0.2) is 5.82 Å². The molecule has 1 aromatic heterocycles. The molecule has 7 heteroatoms. The summed E-state index contributed by atoms with van der Waals surface area (Å²) in [5, 5.41) is 5.22. The van der Waals surface area contributed by atoms with E-state index in [1.165, 1.54) is 0 Å². The second-order valence-corrected chi connectivity index (χ2v) is 7.17. The van der Waals surface area contributed by atoms with Gasteiger partial charge in [-0.25, -0.2) is 0 Å². The molecule has 1 atom stereocenters. The zero-order valence-corrected chi connectivity index (χ0v) is 15.5. The number of aryl methyl sites for hydroxylation is 1. The van der Waals surface area contributed by atoms with Crippen LogP contribution in [0.25, 0.3) is 11.5 Å². The number of carbonyl (C=O) groups excluding carboxylic acids is 1. The summed E-state index contributed by atoms with van der Waals surface area (Å²) in [6, 6.07) is 12.9. The first-order valence-corrected chi connectivity index (χ1v) is 8.93. The Morgan fingerprint density at radius 3 is 2.81 bits per heavy atom. The van der Waals surface area contributed by atoms with Crippen LogP contribution in [0.4, 0.5) is 5.69 Å². The second kappa shape index (κ2) is 6.74. The fourth-order valence-corrected chi connectivity index (χ4v) is 3.61. The molecule has 1 amide bonds. The number of hydrogen-bond acceptors (Lipinski definition) is 4. The Bertz CT molecular complexity index is 986. The zero-order chi connectivity index (χ0) is 18.3. The first kappa shape index (κ1) is 17.1. The average molecular weight is 388 g/mol. The molecule has 132 valence electrons. The zero-order valence-electron chi connectivity index (χ0n) is 13.9. The van der Waals surface area contributed by atoms with Crippen molar-refractivity contribution < 1.29 is 9.32 Å². The van der Waals surface area contributed by atoms with Crippen LogP contribution < -0.4 is 4.90 Å². The molecule has 2 heterocycles. The Kier molecular flexibility index (Phi) is 4.42. The number of halogens is 2. The van der Waals surface area contributed by atoms with E-state index in [1.54, 1.807) is 17.0 Å². The molecule has 1 fully saturated rings. The van der Waals surface area contributed by atoms with Gasteiger partial charge in [-0.2, -0.15) is 4.98 Å². The molecular weight excluding hydrogens is 373 g/mol. The Labute approximate surface area is 160 Å². The Morgan fingerprint density at radius 2 is 2.04 bits per heavy atom. The van der Waals surface area contributed by atoms with Gasteiger partial charge in [-0.3, -0.25) is 4.79 Å². The van der Waals surface area contributed by atoms with E-state index in [0.717, 1.165) is 11.1 Å². The van der Waals surface area contributed by atoms with E-state index in [0.29, 0.717) is 40.4 Å². The minimum Gasteiger partial charge on any atom is -0.334 e. The third-order valence-corrected chi connectivity index (χ3v) is 4.94. The molecule has 0 bridgehead atoms. The summed E-state index contributed by atoms with van der Waals surface area (Å²) in [5.74, 6) is 0.757. The standard InChI is InChI=1S/C19H15Cl2N3O2/c1-11-5-6-16(15(21)7-11)24-10-13(9-17(24)25)18-22-19(26-23-18)12-3-2-4-14(20)8-12/h2-8,13H,9-10H2,1H3. The number of aromatic nitrogens is 2. The van der Waals surface area contributed by atoms with E-state index < -0.39 is 0 Å². The third-order valence-electron chi connectivity index (χ3n) is 4.40. The van der Waals surface area contributed by atoms with Crippen LogP contribution >= 0.6 is 23.2 Å². The van der Waals surface area contributed by atoms with Gasteiger partial charge in [-0.15, -0.1) is 0 Å². The molecular formula is C19H15Cl2N3O2. The molecule has 1 saturated heterocycles. The Morgan fingerprint density at radius 1 is 1.19 bits per heavy atom. The van der Waals surface area contributed by atoms with Crippen LogP contribution in [-0.2, 0) is 4.79 Å². The molecule has 1 aliphatic rings. The van der Waals surface area contributed by atoms with Crippen molar-refractivity contribution in [1.82, 2.24) is 10.1 Å². The fraction of sp³-hybridized carbons (Fsp3) is 0.211. The number of amides is 1. The van der Waals surface area contributed by atoms with Crippen LogP contribution in [0.5, 0.6) is 0 Å². The summed E-state index contributed by atoms with van der Waals surface area (Å²) >= 11 is 12.3. The summed E-state index contributed by atoms with van der Waals surface area (Å²) in [7, 11) is 0. The molecule has 4 rings (SSSR count). The number of anilines is 1. The van der Waals surface area contributed by atoms with E-state index in [-0.39, 0.29) is 11.8 Å². The maximum atomic E-state index is 12.5. The van der Waals surface area contributed by atoms with Gasteiger partial charge in [-0.05, 0) is 42.8 Å². The van der Waals surface area contributed by atoms with Crippen LogP contribution in [0, 0.1) is 6.92 Å². The maximum Gasteiger partial charge on any atom is 0.257 e. The van der Waals surface area contributed by atoms with Crippen molar-refractivity contribution in [2.24, 2.45) is 0 Å². The number of nitrogens with zero attached hydrogens (tertiary/aromatic N) is 3. The molecule has 1 unspecified atom stereocenters. The predicted octanol–water partition coefficient (Wildman–Crippen LogP) is 4.87. The molecule has 0 spiro atoms. The highest BCUT2D eigenvalue weighted by Crippen LogP contribution is 2.35. The Hall–Kier alpha value is -2.37. The minimum atomic E-state index is -0.142. The summed E-state index contributed by atoms with van der Waals surface area (Å²) in [6.07, 6.45) is 0.318. The van der Waals surface area contributed by atoms with Crippen molar-refractivity contribution in [3.8, 4) is 11.5 Å². The molecule has 0 saturated carbocycles. The van der Waals surface area contributed by atoms with Gasteiger partial charge >= 0.3 is 0 Å². The molecule has 2 aromatic carbocycles. The number of hydrogen-bond donors (Lipinski definition) is 0. The molecule has 0 aliphatic carbocycles. The second-order valence-electron chi connectivity index (χ2n) is 6.33. The van der Waals surface area contributed by atoms with Crippen molar-refractivity contribution in [2.45, 2.75) is 19.3 Å². The highest BCUT2D eigenvalue weighted by atomic mass is 35.5. The molecule has 0 radical (unpaired) electrons. The van der Waals surface area contributed by atoms with Crippen molar-refractivity contribution >= 4 is 34.8 Å². The van der Waals surface area contributed by atoms with Crippen molar-refractivity contribution in [3.05, 3.63) is 63.9 Å². The largest absolute Gasteiger partial charge is 0.334 e. The van der Waals surface area contributed by atoms with Gasteiger partial charge in [0.2, 0.25) is 5.91 Å². The van der Waals surface area contributed by atoms with Crippen LogP contribution in [0.3, 0.4) is 0 Å². The quantitative estimate of drug-likeness (QED) is 0.642. The average Bonchev–Trinajstić information content (AvgIpc) is 3.22. The molecule has 0 N–H and O–H groups in total. The first-order chi connectivity index (χ1) is 12.5. The molecule has 26 heavy (non-hydrogen) atoms. The van der Waals surface area contributed by atoms with E-state index in [9.17, 15) is 4.79 Å². The van der Waals surface area contributed by atoms with Gasteiger partial charge in [0.1, 0.15) is 0 Å². The number of benzene rings is 2. The van der Waals surface area contributed by atoms with Crippen molar-refractivity contribution in [3.63, 3.8) is 0 Å². The third kappa shape index (κ3) is 3.20. The predicted molar refractivity (Wildman–Crippen MR) is 101 cm³/mol. The summed E-state index contributed by atoms with van der Waals surface area (Å²) in [6.45, 7) is 2.43. The highest BCUT2D eigenvalue weighted by molar-refractivity contribution is 6.34. The van der Waals surface area contributed by atoms with Gasteiger partial charge in [0, 0.05) is 29.5 Å². The minimum absolute atomic E-state index is 0.00476. The Balaban J connectivity index is 1.58. The SMILES string of the molecule is Cc1ccc(N2CC(c3noc(-c4cccc(Cl)c4)n3)CC2=O)c(Cl)c1. The van der Waals surface area contributed by atoms with E-state index in [4.69, 9.17) is 27.7 Å². The summed E-state index contributed by atoms with van der Waals surface area (Å²) < 4.78 is 5.36. The normalized spacial score (nSPS) is 17.1. The lowest BCUT2D eigenvalue weighted by molar-refractivity contribution is -0.117. The van der Waals surface area contributed by atoms with Crippen molar-refractivity contribution in [1.29, 1.82) is 0 Å². The summed E-state index contributed by atoms with van der Waals surface area (Å²) in [4.78, 5) is 18.6. The molecule has 3 aromatic rings. The van der Waals surface area contributed by atoms with E-state index >= 15 is 0 Å². The van der Waals surface area contributed by atoms with Gasteiger partial charge in [0.05, 0.1) is 10.7 Å². The smallest absolute Gasteiger partial charge is 0.257 e. The van der Waals surface area contributed by atoms with Crippen LogP contribution in [0.2, 0.25) is 10.0 Å². The molecule has 1 aliphatic heterocycles. The van der Waals surface area contributed by atoms with Crippen LogP contribution in [-0.4, -0.2) is 22.6 Å². The maximum absolute atomic E-state index is 12.5. The lowest BCUT2D eigenvalue weighted by Gasteiger charge is -2.18. The first-order valence-electron chi connectivity index (χ1n) is 8.17. The topological polar surface area (TPSA) is 59.2 Å². The molecule has 5 nitrogen and oxygen atoms in total. The lowest BCUT2D eigenvalue weighted by atomic mass is 10.1. The summed E-state index contributed by atoms with van der Waals surface area (Å²) in [5.41, 5.74) is 2.51. The van der Waals surface area contributed by atoms with E-state index in [1.807, 2.05) is 37.3 Å². The fourth-order valence-electron chi connectivity index (χ4n) is 3.08. The van der Waals surface area contributed by atoms with E-state index in [2.05, 4.69) is 10.1 Å². The highest BCUT2D eigenvalue weighted by Gasteiger charge is 2.35. The van der Waals surface area contributed by atoms with Crippen LogP contribution in [0.15, 0.2) is 47.0 Å². The van der Waals surface area contributed by atoms with Gasteiger partial charge < -0.3 is 9.42 Å². The number of carbonyl (C=O) groups is 1. The lowest BCUT2D eigenvalue weighted by Crippen LogP contribution is -2.24. The number of rotatable bonds is 3. The van der Waals surface area contributed by atoms with Gasteiger partial charge in [0.25, 0.3) is 5.89 Å². The monoisotopic (exact) mass is 387 g/mol. The van der Waals surface area contributed by atoms with Crippen molar-refractivity contribution in [2.75, 3.05) is 11.4 Å². The van der Waals surface area contributed by atoms with Crippen LogP contribution in [0.1, 0.15) is 23.7 Å².